The molecule has 0 saturated carbocycles. The summed E-state index contributed by atoms with van der Waals surface area (Å²) in [5.74, 6) is 1.51. The molecule has 0 saturated heterocycles. The smallest absolute Gasteiger partial charge is 0.194 e. The number of guanidine groups is 1. The summed E-state index contributed by atoms with van der Waals surface area (Å²) in [6.07, 6.45) is 1.36. The van der Waals surface area contributed by atoms with Crippen molar-refractivity contribution < 1.29 is 9.84 Å². The lowest BCUT2D eigenvalue weighted by Crippen LogP contribution is -2.39. The van der Waals surface area contributed by atoms with Gasteiger partial charge in [0.1, 0.15) is 18.5 Å². The minimum Gasteiger partial charge on any atom is -0.491 e. The van der Waals surface area contributed by atoms with E-state index in [1.807, 2.05) is 63.3 Å². The molecule has 156 valence electrons. The Hall–Kier alpha value is -1.26. The molecule has 8 heteroatoms. The Kier molecular flexibility index (Phi) is 10.9. The summed E-state index contributed by atoms with van der Waals surface area (Å²) in [7, 11) is 4.00. The Morgan fingerprint density at radius 1 is 1.39 bits per heavy atom. The zero-order valence-electron chi connectivity index (χ0n) is 16.9. The number of aliphatic hydroxyl groups excluding tert-OH is 1. The predicted molar refractivity (Wildman–Crippen MR) is 129 cm³/mol. The molecule has 0 aliphatic rings. The SMILES string of the molecule is CCNC(=NCC(O)COc1cccc(C)c1)N(C)Cc1cc(Br)cn1C.I. The van der Waals surface area contributed by atoms with Gasteiger partial charge in [-0.2, -0.15) is 0 Å². The van der Waals surface area contributed by atoms with E-state index < -0.39 is 6.10 Å². The molecule has 0 amide bonds. The average molecular weight is 565 g/mol. The molecule has 1 unspecified atom stereocenters. The number of halogens is 2. The second-order valence-corrected chi connectivity index (χ2v) is 7.51. The molecule has 2 N–H and O–H groups in total. The summed E-state index contributed by atoms with van der Waals surface area (Å²) in [5, 5.41) is 13.5. The van der Waals surface area contributed by atoms with Crippen molar-refractivity contribution in [1.29, 1.82) is 0 Å². The first-order valence-corrected chi connectivity index (χ1v) is 9.86. The van der Waals surface area contributed by atoms with Crippen molar-refractivity contribution in [2.24, 2.45) is 12.0 Å². The number of aryl methyl sites for hydroxylation is 2. The van der Waals surface area contributed by atoms with Gasteiger partial charge >= 0.3 is 0 Å². The first-order chi connectivity index (χ1) is 12.9. The summed E-state index contributed by atoms with van der Waals surface area (Å²) in [6, 6.07) is 9.88. The van der Waals surface area contributed by atoms with E-state index in [1.165, 1.54) is 5.69 Å². The van der Waals surface area contributed by atoms with Gasteiger partial charge < -0.3 is 24.6 Å². The third-order valence-electron chi connectivity index (χ3n) is 4.05. The zero-order chi connectivity index (χ0) is 19.8. The predicted octanol–water partition coefficient (Wildman–Crippen LogP) is 3.55. The number of aromatic nitrogens is 1. The number of ether oxygens (including phenoxy) is 1. The van der Waals surface area contributed by atoms with Crippen LogP contribution in [0.3, 0.4) is 0 Å². The fraction of sp³-hybridized carbons (Fsp3) is 0.450. The Labute approximate surface area is 193 Å². The topological polar surface area (TPSA) is 62.0 Å². The fourth-order valence-electron chi connectivity index (χ4n) is 2.65. The summed E-state index contributed by atoms with van der Waals surface area (Å²) in [4.78, 5) is 6.60. The van der Waals surface area contributed by atoms with E-state index in [0.717, 1.165) is 28.3 Å². The van der Waals surface area contributed by atoms with Crippen LogP contribution in [0.25, 0.3) is 0 Å². The molecule has 1 aromatic heterocycles. The van der Waals surface area contributed by atoms with Crippen molar-refractivity contribution in [1.82, 2.24) is 14.8 Å². The monoisotopic (exact) mass is 564 g/mol. The van der Waals surface area contributed by atoms with Crippen LogP contribution < -0.4 is 10.1 Å². The average Bonchev–Trinajstić information content (AvgIpc) is 2.93. The van der Waals surface area contributed by atoms with Gasteiger partial charge in [0.15, 0.2) is 5.96 Å². The molecule has 2 rings (SSSR count). The summed E-state index contributed by atoms with van der Waals surface area (Å²) in [5.41, 5.74) is 2.29. The van der Waals surface area contributed by atoms with Crippen LogP contribution in [0.15, 0.2) is 46.0 Å². The van der Waals surface area contributed by atoms with Crippen LogP contribution in [-0.2, 0) is 13.6 Å². The van der Waals surface area contributed by atoms with Gasteiger partial charge in [0, 0.05) is 37.0 Å². The van der Waals surface area contributed by atoms with Crippen LogP contribution in [0.5, 0.6) is 5.75 Å². The molecule has 0 aliphatic heterocycles. The van der Waals surface area contributed by atoms with Gasteiger partial charge in [0.2, 0.25) is 0 Å². The number of hydrogen-bond donors (Lipinski definition) is 2. The summed E-state index contributed by atoms with van der Waals surface area (Å²) < 4.78 is 8.79. The van der Waals surface area contributed by atoms with Crippen molar-refractivity contribution >= 4 is 45.9 Å². The zero-order valence-corrected chi connectivity index (χ0v) is 20.8. The Bertz CT molecular complexity index is 766. The van der Waals surface area contributed by atoms with Gasteiger partial charge in [-0.05, 0) is 53.5 Å². The lowest BCUT2D eigenvalue weighted by Gasteiger charge is -2.23. The Morgan fingerprint density at radius 3 is 2.75 bits per heavy atom. The molecular weight excluding hydrogens is 535 g/mol. The minimum atomic E-state index is -0.670. The molecule has 6 nitrogen and oxygen atoms in total. The Balaban J connectivity index is 0.00000392. The van der Waals surface area contributed by atoms with Crippen molar-refractivity contribution in [3.05, 3.63) is 52.3 Å². The highest BCUT2D eigenvalue weighted by Crippen LogP contribution is 2.15. The van der Waals surface area contributed by atoms with E-state index in [-0.39, 0.29) is 37.1 Å². The maximum Gasteiger partial charge on any atom is 0.194 e. The standard InChI is InChI=1S/C20H29BrN4O2.HI/c1-5-22-20(25(4)13-17-10-16(21)12-24(17)3)23-11-18(26)14-27-19-8-6-7-15(2)9-19;/h6-10,12,18,26H,5,11,13-14H2,1-4H3,(H,22,23);1H. The van der Waals surface area contributed by atoms with Crippen molar-refractivity contribution in [3.63, 3.8) is 0 Å². The van der Waals surface area contributed by atoms with Crippen LogP contribution in [0.4, 0.5) is 0 Å². The number of aliphatic hydroxyl groups is 1. The van der Waals surface area contributed by atoms with Gasteiger partial charge in [-0.15, -0.1) is 24.0 Å². The van der Waals surface area contributed by atoms with Crippen LogP contribution in [0.2, 0.25) is 0 Å². The minimum absolute atomic E-state index is 0. The van der Waals surface area contributed by atoms with E-state index in [2.05, 4.69) is 36.9 Å². The molecule has 28 heavy (non-hydrogen) atoms. The largest absolute Gasteiger partial charge is 0.491 e. The maximum atomic E-state index is 10.2. The van der Waals surface area contributed by atoms with Crippen LogP contribution in [0.1, 0.15) is 18.2 Å². The third-order valence-corrected chi connectivity index (χ3v) is 4.49. The third kappa shape index (κ3) is 8.00. The van der Waals surface area contributed by atoms with Gasteiger partial charge in [-0.25, -0.2) is 0 Å². The molecule has 0 aliphatic carbocycles. The van der Waals surface area contributed by atoms with Crippen LogP contribution in [-0.4, -0.2) is 53.4 Å². The van der Waals surface area contributed by atoms with E-state index in [9.17, 15) is 5.11 Å². The quantitative estimate of drug-likeness (QED) is 0.292. The van der Waals surface area contributed by atoms with E-state index in [1.54, 1.807) is 0 Å². The molecule has 0 fully saturated rings. The lowest BCUT2D eigenvalue weighted by molar-refractivity contribution is 0.114. The Morgan fingerprint density at radius 2 is 2.14 bits per heavy atom. The number of aliphatic imine (C=N–C) groups is 1. The number of benzene rings is 1. The van der Waals surface area contributed by atoms with Crippen molar-refractivity contribution in [2.45, 2.75) is 26.5 Å². The molecule has 1 atom stereocenters. The highest BCUT2D eigenvalue weighted by Gasteiger charge is 2.11. The van der Waals surface area contributed by atoms with E-state index in [0.29, 0.717) is 6.54 Å². The van der Waals surface area contributed by atoms with Crippen LogP contribution >= 0.6 is 39.9 Å². The summed E-state index contributed by atoms with van der Waals surface area (Å²) in [6.45, 7) is 5.99. The van der Waals surface area contributed by atoms with Crippen molar-refractivity contribution in [2.75, 3.05) is 26.7 Å². The highest BCUT2D eigenvalue weighted by atomic mass is 127. The fourth-order valence-corrected chi connectivity index (χ4v) is 3.22. The van der Waals surface area contributed by atoms with Gasteiger partial charge in [-0.1, -0.05) is 12.1 Å². The number of nitrogens with one attached hydrogen (secondary N) is 1. The normalized spacial score (nSPS) is 12.3. The molecule has 1 heterocycles. The first-order valence-electron chi connectivity index (χ1n) is 9.06. The van der Waals surface area contributed by atoms with E-state index >= 15 is 0 Å². The number of rotatable bonds is 8. The number of hydrogen-bond acceptors (Lipinski definition) is 3. The second-order valence-electron chi connectivity index (χ2n) is 6.59. The molecular formula is C20H30BrIN4O2. The lowest BCUT2D eigenvalue weighted by atomic mass is 10.2. The molecule has 1 aromatic carbocycles. The molecule has 0 spiro atoms. The highest BCUT2D eigenvalue weighted by molar-refractivity contribution is 14.0. The van der Waals surface area contributed by atoms with Crippen LogP contribution in [0, 0.1) is 6.92 Å². The number of nitrogens with zero attached hydrogens (tertiary/aromatic N) is 3. The maximum absolute atomic E-state index is 10.2. The van der Waals surface area contributed by atoms with Gasteiger partial charge in [0.05, 0.1) is 13.1 Å². The second kappa shape index (κ2) is 12.3. The molecule has 2 aromatic rings. The van der Waals surface area contributed by atoms with Gasteiger partial charge in [0.25, 0.3) is 0 Å². The van der Waals surface area contributed by atoms with E-state index in [4.69, 9.17) is 4.74 Å². The first kappa shape index (κ1) is 24.8. The summed E-state index contributed by atoms with van der Waals surface area (Å²) >= 11 is 3.50. The van der Waals surface area contributed by atoms with Crippen molar-refractivity contribution in [3.8, 4) is 5.75 Å². The molecule has 0 bridgehead atoms. The van der Waals surface area contributed by atoms with Gasteiger partial charge in [-0.3, -0.25) is 4.99 Å². The molecule has 0 radical (unpaired) electrons.